The molecule has 206 valence electrons. The molecule has 4 rings (SSSR count). The van der Waals surface area contributed by atoms with E-state index in [1.165, 1.54) is 0 Å². The van der Waals surface area contributed by atoms with Gasteiger partial charge in [0, 0.05) is 44.2 Å². The van der Waals surface area contributed by atoms with Crippen molar-refractivity contribution in [2.24, 2.45) is 5.92 Å². The number of unbranched alkanes of at least 4 members (excludes halogenated alkanes) is 1. The molecule has 11 heteroatoms. The maximum atomic E-state index is 13.6. The third kappa shape index (κ3) is 6.69. The van der Waals surface area contributed by atoms with Crippen LogP contribution in [0.5, 0.6) is 5.75 Å². The first-order valence-corrected chi connectivity index (χ1v) is 14.9. The van der Waals surface area contributed by atoms with E-state index >= 15 is 0 Å². The van der Waals surface area contributed by atoms with E-state index < -0.39 is 28.0 Å². The van der Waals surface area contributed by atoms with Crippen LogP contribution in [0.3, 0.4) is 0 Å². The summed E-state index contributed by atoms with van der Waals surface area (Å²) < 4.78 is 31.5. The number of carbonyl (C=O) groups is 2. The summed E-state index contributed by atoms with van der Waals surface area (Å²) in [7, 11) is -3.44. The van der Waals surface area contributed by atoms with Crippen molar-refractivity contribution >= 4 is 27.6 Å². The molecule has 0 unspecified atom stereocenters. The number of hydrogen-bond acceptors (Lipinski definition) is 7. The van der Waals surface area contributed by atoms with Gasteiger partial charge < -0.3 is 14.7 Å². The standard InChI is InChI=1S/C27H36N4O6S/c1-3-4-13-31(21-6-5-11-28-16-21)25(32)18-30-17-22(19-7-8-24-20(15-19)10-14-37-24)26(27(33)34)23(30)9-12-29-38(2,35)36/h5-8,11,15-16,22-23,26,29H,3-4,9-10,12-14,17-18H2,1-2H3,(H,33,34)/t22-,23+,26-/m1/s1. The quantitative estimate of drug-likeness (QED) is 0.416. The Labute approximate surface area is 224 Å². The van der Waals surface area contributed by atoms with Crippen molar-refractivity contribution in [1.29, 1.82) is 0 Å². The number of carboxylic acids is 1. The highest BCUT2D eigenvalue weighted by molar-refractivity contribution is 7.88. The topological polar surface area (TPSA) is 129 Å². The highest BCUT2D eigenvalue weighted by Gasteiger charge is 2.47. The molecule has 1 aromatic heterocycles. The Hall–Kier alpha value is -3.02. The molecule has 1 saturated heterocycles. The summed E-state index contributed by atoms with van der Waals surface area (Å²) in [5, 5.41) is 10.3. The van der Waals surface area contributed by atoms with Gasteiger partial charge in [0.15, 0.2) is 0 Å². The van der Waals surface area contributed by atoms with E-state index in [2.05, 4.69) is 16.6 Å². The Kier molecular flexibility index (Phi) is 9.01. The zero-order chi connectivity index (χ0) is 27.3. The SMILES string of the molecule is CCCCN(C(=O)CN1C[C@H](c2ccc3c(c2)CCO3)[C@@H](C(=O)O)[C@@H]1CCNS(C)(=O)=O)c1cccnc1. The number of amides is 1. The minimum atomic E-state index is -3.44. The zero-order valence-electron chi connectivity index (χ0n) is 21.9. The number of carboxylic acid groups (broad SMARTS) is 1. The van der Waals surface area contributed by atoms with E-state index in [1.807, 2.05) is 29.2 Å². The maximum Gasteiger partial charge on any atom is 0.308 e. The van der Waals surface area contributed by atoms with Crippen LogP contribution in [0.2, 0.25) is 0 Å². The predicted molar refractivity (Wildman–Crippen MR) is 144 cm³/mol. The number of nitrogens with one attached hydrogen (secondary N) is 1. The molecule has 2 aliphatic heterocycles. The molecule has 2 N–H and O–H groups in total. The molecule has 1 fully saturated rings. The Morgan fingerprint density at radius 1 is 1.29 bits per heavy atom. The van der Waals surface area contributed by atoms with Crippen LogP contribution in [0.4, 0.5) is 5.69 Å². The summed E-state index contributed by atoms with van der Waals surface area (Å²) >= 11 is 0. The molecule has 1 amide bonds. The normalized spacial score (nSPS) is 21.2. The Balaban J connectivity index is 1.62. The summed E-state index contributed by atoms with van der Waals surface area (Å²) in [6, 6.07) is 8.91. The molecule has 1 aromatic carbocycles. The average molecular weight is 545 g/mol. The minimum absolute atomic E-state index is 0.0243. The van der Waals surface area contributed by atoms with Gasteiger partial charge in [-0.3, -0.25) is 19.5 Å². The molecule has 0 spiro atoms. The van der Waals surface area contributed by atoms with Crippen LogP contribution in [-0.2, 0) is 26.0 Å². The third-order valence-corrected chi connectivity index (χ3v) is 8.04. The molecule has 2 aromatic rings. The summed E-state index contributed by atoms with van der Waals surface area (Å²) in [6.07, 6.45) is 7.16. The van der Waals surface area contributed by atoms with E-state index in [1.54, 1.807) is 23.4 Å². The van der Waals surface area contributed by atoms with Gasteiger partial charge in [-0.15, -0.1) is 0 Å². The van der Waals surface area contributed by atoms with Crippen LogP contribution in [-0.4, -0.2) is 80.4 Å². The second kappa shape index (κ2) is 12.2. The van der Waals surface area contributed by atoms with Crippen molar-refractivity contribution in [2.45, 2.75) is 44.6 Å². The summed E-state index contributed by atoms with van der Waals surface area (Å²) in [4.78, 5) is 34.0. The zero-order valence-corrected chi connectivity index (χ0v) is 22.7. The Morgan fingerprint density at radius 2 is 2.11 bits per heavy atom. The summed E-state index contributed by atoms with van der Waals surface area (Å²) in [5.74, 6) is -1.42. The van der Waals surface area contributed by atoms with Crippen molar-refractivity contribution < 1.29 is 27.9 Å². The number of sulfonamides is 1. The number of rotatable bonds is 12. The fourth-order valence-corrected chi connectivity index (χ4v) is 5.99. The van der Waals surface area contributed by atoms with Gasteiger partial charge >= 0.3 is 5.97 Å². The number of anilines is 1. The minimum Gasteiger partial charge on any atom is -0.493 e. The van der Waals surface area contributed by atoms with Gasteiger partial charge in [-0.25, -0.2) is 13.1 Å². The number of aliphatic carboxylic acids is 1. The van der Waals surface area contributed by atoms with Gasteiger partial charge in [0.25, 0.3) is 0 Å². The Bertz CT molecular complexity index is 1240. The van der Waals surface area contributed by atoms with Gasteiger partial charge in [0.1, 0.15) is 5.75 Å². The lowest BCUT2D eigenvalue weighted by Crippen LogP contribution is -2.45. The Morgan fingerprint density at radius 3 is 2.79 bits per heavy atom. The van der Waals surface area contributed by atoms with Crippen LogP contribution in [0.25, 0.3) is 0 Å². The number of benzene rings is 1. The number of pyridine rings is 1. The fourth-order valence-electron chi connectivity index (χ4n) is 5.51. The van der Waals surface area contributed by atoms with E-state index in [0.29, 0.717) is 25.4 Å². The fraction of sp³-hybridized carbons (Fsp3) is 0.519. The largest absolute Gasteiger partial charge is 0.493 e. The van der Waals surface area contributed by atoms with Crippen molar-refractivity contribution in [3.05, 3.63) is 53.9 Å². The highest BCUT2D eigenvalue weighted by atomic mass is 32.2. The number of likely N-dealkylation sites (tertiary alicyclic amines) is 1. The molecule has 0 aliphatic carbocycles. The van der Waals surface area contributed by atoms with E-state index in [-0.39, 0.29) is 31.3 Å². The highest BCUT2D eigenvalue weighted by Crippen LogP contribution is 2.41. The van der Waals surface area contributed by atoms with Crippen molar-refractivity contribution in [3.63, 3.8) is 0 Å². The number of fused-ring (bicyclic) bond motifs is 1. The number of ether oxygens (including phenoxy) is 1. The lowest BCUT2D eigenvalue weighted by molar-refractivity contribution is -0.143. The number of aromatic nitrogens is 1. The number of carbonyl (C=O) groups excluding carboxylic acids is 1. The van der Waals surface area contributed by atoms with Crippen LogP contribution in [0, 0.1) is 5.92 Å². The maximum absolute atomic E-state index is 13.6. The lowest BCUT2D eigenvalue weighted by atomic mass is 9.83. The summed E-state index contributed by atoms with van der Waals surface area (Å²) in [5.41, 5.74) is 2.65. The molecular weight excluding hydrogens is 508 g/mol. The second-order valence-corrected chi connectivity index (χ2v) is 11.8. The number of nitrogens with zero attached hydrogens (tertiary/aromatic N) is 3. The van der Waals surface area contributed by atoms with Crippen molar-refractivity contribution in [2.75, 3.05) is 43.9 Å². The molecule has 0 saturated carbocycles. The first-order valence-electron chi connectivity index (χ1n) is 13.1. The van der Waals surface area contributed by atoms with Gasteiger partial charge in [-0.2, -0.15) is 0 Å². The smallest absolute Gasteiger partial charge is 0.308 e. The molecule has 0 bridgehead atoms. The molecule has 2 aliphatic rings. The molecule has 38 heavy (non-hydrogen) atoms. The molecule has 0 radical (unpaired) electrons. The van der Waals surface area contributed by atoms with Crippen molar-refractivity contribution in [1.82, 2.24) is 14.6 Å². The van der Waals surface area contributed by atoms with E-state index in [9.17, 15) is 23.1 Å². The lowest BCUT2D eigenvalue weighted by Gasteiger charge is -2.29. The van der Waals surface area contributed by atoms with Crippen LogP contribution < -0.4 is 14.4 Å². The van der Waals surface area contributed by atoms with Crippen LogP contribution >= 0.6 is 0 Å². The molecular formula is C27H36N4O6S. The average Bonchev–Trinajstić information content (AvgIpc) is 3.48. The third-order valence-electron chi connectivity index (χ3n) is 7.31. The first-order chi connectivity index (χ1) is 18.2. The van der Waals surface area contributed by atoms with Gasteiger partial charge in [-0.1, -0.05) is 25.5 Å². The monoisotopic (exact) mass is 544 g/mol. The second-order valence-electron chi connectivity index (χ2n) is 10.00. The van der Waals surface area contributed by atoms with Crippen LogP contribution in [0.15, 0.2) is 42.7 Å². The van der Waals surface area contributed by atoms with Crippen molar-refractivity contribution in [3.8, 4) is 5.75 Å². The molecule has 10 nitrogen and oxygen atoms in total. The van der Waals surface area contributed by atoms with Gasteiger partial charge in [-0.05, 0) is 42.2 Å². The van der Waals surface area contributed by atoms with Crippen LogP contribution in [0.1, 0.15) is 43.2 Å². The van der Waals surface area contributed by atoms with Gasteiger partial charge in [0.05, 0.1) is 37.2 Å². The number of hydrogen-bond donors (Lipinski definition) is 2. The van der Waals surface area contributed by atoms with E-state index in [0.717, 1.165) is 42.4 Å². The van der Waals surface area contributed by atoms with E-state index in [4.69, 9.17) is 4.74 Å². The van der Waals surface area contributed by atoms with Gasteiger partial charge in [0.2, 0.25) is 15.9 Å². The predicted octanol–water partition coefficient (Wildman–Crippen LogP) is 2.26. The molecule has 3 atom stereocenters. The molecule has 3 heterocycles. The first kappa shape index (κ1) is 28.0. The summed E-state index contributed by atoms with van der Waals surface area (Å²) in [6.45, 7) is 3.68.